The molecule has 1 aromatic carbocycles. The maximum atomic E-state index is 13.2. The zero-order valence-corrected chi connectivity index (χ0v) is 21.4. The minimum absolute atomic E-state index is 0.0622. The smallest absolute Gasteiger partial charge is 0.342 e. The van der Waals surface area contributed by atoms with Gasteiger partial charge in [0.15, 0.2) is 17.5 Å². The quantitative estimate of drug-likeness (QED) is 0.403. The minimum atomic E-state index is -5.10. The molecule has 0 fully saturated rings. The van der Waals surface area contributed by atoms with Gasteiger partial charge in [-0.25, -0.2) is 19.2 Å². The molecule has 0 aliphatic carbocycles. The van der Waals surface area contributed by atoms with Crippen molar-refractivity contribution in [1.29, 1.82) is 0 Å². The number of nitrogens with zero attached hydrogens (tertiary/aromatic N) is 6. The predicted octanol–water partition coefficient (Wildman–Crippen LogP) is 5.03. The fourth-order valence-corrected chi connectivity index (χ4v) is 4.42. The predicted molar refractivity (Wildman–Crippen MR) is 125 cm³/mol. The van der Waals surface area contributed by atoms with Gasteiger partial charge in [-0.3, -0.25) is 4.79 Å². The van der Waals surface area contributed by atoms with Crippen LogP contribution in [-0.4, -0.2) is 46.4 Å². The first-order valence-electron chi connectivity index (χ1n) is 11.1. The average molecular weight is 564 g/mol. The van der Waals surface area contributed by atoms with Crippen molar-refractivity contribution in [3.8, 4) is 5.82 Å². The fourth-order valence-electron chi connectivity index (χ4n) is 3.32. The lowest BCUT2D eigenvalue weighted by Crippen LogP contribution is -2.29. The van der Waals surface area contributed by atoms with Gasteiger partial charge in [-0.15, -0.1) is 5.10 Å². The molecule has 0 spiro atoms. The third-order valence-electron chi connectivity index (χ3n) is 5.34. The number of carbonyl (C=O) groups is 1. The van der Waals surface area contributed by atoms with Gasteiger partial charge in [-0.1, -0.05) is 13.8 Å². The van der Waals surface area contributed by atoms with Crippen LogP contribution in [0.1, 0.15) is 59.9 Å². The number of amides is 1. The van der Waals surface area contributed by atoms with Gasteiger partial charge in [-0.2, -0.15) is 35.4 Å². The molecule has 38 heavy (non-hydrogen) atoms. The lowest BCUT2D eigenvalue weighted by Gasteiger charge is -2.17. The van der Waals surface area contributed by atoms with Crippen molar-refractivity contribution in [2.45, 2.75) is 46.1 Å². The summed E-state index contributed by atoms with van der Waals surface area (Å²) < 4.78 is 97.3. The summed E-state index contributed by atoms with van der Waals surface area (Å²) in [6.45, 7) is 6.40. The fraction of sp³-hybridized carbons (Fsp3) is 0.409. The average Bonchev–Trinajstić information content (AvgIpc) is 3.24. The van der Waals surface area contributed by atoms with Crippen LogP contribution in [0.5, 0.6) is 0 Å². The Morgan fingerprint density at radius 2 is 1.61 bits per heavy atom. The molecular formula is C22H23F6N7O2S. The minimum Gasteiger partial charge on any atom is -0.342 e. The van der Waals surface area contributed by atoms with E-state index >= 15 is 0 Å². The molecule has 16 heteroatoms. The molecular weight excluding hydrogens is 540 g/mol. The summed E-state index contributed by atoms with van der Waals surface area (Å²) in [7, 11) is -2.54. The number of carbonyl (C=O) groups excluding carboxylic acids is 1. The first kappa shape index (κ1) is 29.0. The number of halogens is 6. The summed E-state index contributed by atoms with van der Waals surface area (Å²) in [4.78, 5) is 25.1. The standard InChI is InChI=1S/C22H23F6N7O2S/c1-5-38(37,6-2)34-17-10-18(30-11-29-17)35-19(32-13(4)33-35)12(3)31-20(36)14-7-15(21(23,24)25)9-16(8-14)22(26,27)28/h7-12H,5-6H2,1-4H3,(H,31,36)/t12-/m0/s1. The number of alkyl halides is 6. The third-order valence-corrected chi connectivity index (χ3v) is 7.66. The number of aryl methyl sites for hydroxylation is 1. The molecule has 206 valence electrons. The lowest BCUT2D eigenvalue weighted by molar-refractivity contribution is -0.143. The van der Waals surface area contributed by atoms with E-state index in [1.165, 1.54) is 24.6 Å². The van der Waals surface area contributed by atoms with E-state index in [0.29, 0.717) is 23.6 Å². The van der Waals surface area contributed by atoms with Crippen LogP contribution >= 0.6 is 0 Å². The summed E-state index contributed by atoms with van der Waals surface area (Å²) in [6, 6.07) is 0.973. The lowest BCUT2D eigenvalue weighted by atomic mass is 10.0. The summed E-state index contributed by atoms with van der Waals surface area (Å²) in [5.41, 5.74) is -4.06. The van der Waals surface area contributed by atoms with E-state index in [0.717, 1.165) is 6.33 Å². The molecule has 9 nitrogen and oxygen atoms in total. The van der Waals surface area contributed by atoms with Gasteiger partial charge in [0.2, 0.25) is 0 Å². The highest BCUT2D eigenvalue weighted by molar-refractivity contribution is 7.93. The topological polar surface area (TPSA) is 115 Å². The molecule has 1 amide bonds. The van der Waals surface area contributed by atoms with Crippen molar-refractivity contribution in [3.05, 3.63) is 58.9 Å². The molecule has 0 bridgehead atoms. The Morgan fingerprint density at radius 3 is 2.13 bits per heavy atom. The molecule has 2 aromatic heterocycles. The van der Waals surface area contributed by atoms with E-state index in [4.69, 9.17) is 0 Å². The Bertz CT molecular complexity index is 1420. The second-order valence-electron chi connectivity index (χ2n) is 8.09. The molecule has 3 aromatic rings. The Hall–Kier alpha value is -3.56. The molecule has 2 heterocycles. The number of hydrogen-bond acceptors (Lipinski definition) is 7. The second-order valence-corrected chi connectivity index (χ2v) is 11.0. The van der Waals surface area contributed by atoms with Gasteiger partial charge >= 0.3 is 12.4 Å². The second kappa shape index (κ2) is 10.7. The van der Waals surface area contributed by atoms with Crippen molar-refractivity contribution >= 4 is 21.5 Å². The van der Waals surface area contributed by atoms with Gasteiger partial charge in [0.05, 0.1) is 26.9 Å². The summed E-state index contributed by atoms with van der Waals surface area (Å²) in [6.07, 6.45) is -9.05. The Morgan fingerprint density at radius 1 is 1.03 bits per heavy atom. The van der Waals surface area contributed by atoms with Gasteiger partial charge in [0.25, 0.3) is 5.91 Å². The van der Waals surface area contributed by atoms with Crippen LogP contribution in [0.25, 0.3) is 5.82 Å². The largest absolute Gasteiger partial charge is 0.416 e. The summed E-state index contributed by atoms with van der Waals surface area (Å²) in [5, 5.41) is 6.56. The van der Waals surface area contributed by atoms with Gasteiger partial charge in [0.1, 0.15) is 12.2 Å². The maximum absolute atomic E-state index is 13.2. The highest BCUT2D eigenvalue weighted by Gasteiger charge is 2.37. The van der Waals surface area contributed by atoms with Gasteiger partial charge < -0.3 is 5.32 Å². The molecule has 0 unspecified atom stereocenters. The maximum Gasteiger partial charge on any atom is 0.416 e. The summed E-state index contributed by atoms with van der Waals surface area (Å²) >= 11 is 0. The van der Waals surface area contributed by atoms with Crippen LogP contribution in [-0.2, 0) is 22.1 Å². The van der Waals surface area contributed by atoms with Crippen molar-refractivity contribution in [2.75, 3.05) is 11.5 Å². The first-order chi connectivity index (χ1) is 17.6. The van der Waals surface area contributed by atoms with E-state index in [1.807, 2.05) is 0 Å². The van der Waals surface area contributed by atoms with E-state index in [2.05, 4.69) is 29.7 Å². The Balaban J connectivity index is 1.97. The van der Waals surface area contributed by atoms with Crippen molar-refractivity contribution < 1.29 is 35.3 Å². The highest BCUT2D eigenvalue weighted by atomic mass is 32.2. The third kappa shape index (κ3) is 6.65. The van der Waals surface area contributed by atoms with Crippen LogP contribution in [0.3, 0.4) is 0 Å². The van der Waals surface area contributed by atoms with Gasteiger partial charge in [-0.05, 0) is 32.0 Å². The van der Waals surface area contributed by atoms with Crippen molar-refractivity contribution in [1.82, 2.24) is 30.0 Å². The molecule has 1 atom stereocenters. The number of hydrogen-bond donors (Lipinski definition) is 1. The first-order valence-corrected chi connectivity index (χ1v) is 13.0. The van der Waals surface area contributed by atoms with Crippen molar-refractivity contribution in [2.24, 2.45) is 4.36 Å². The SMILES string of the molecule is CCS(=O)(CC)=Nc1cc(-n2nc(C)nc2[C@H](C)NC(=O)c2cc(C(F)(F)F)cc(C(F)(F)F)c2)ncn1. The number of aromatic nitrogens is 5. The van der Waals surface area contributed by atoms with E-state index in [-0.39, 0.29) is 29.4 Å². The van der Waals surface area contributed by atoms with E-state index in [1.54, 1.807) is 13.8 Å². The van der Waals surface area contributed by atoms with Crippen LogP contribution < -0.4 is 5.32 Å². The monoisotopic (exact) mass is 563 g/mol. The number of rotatable bonds is 7. The number of benzene rings is 1. The highest BCUT2D eigenvalue weighted by Crippen LogP contribution is 2.36. The molecule has 3 rings (SSSR count). The van der Waals surface area contributed by atoms with Crippen LogP contribution in [0, 0.1) is 6.92 Å². The van der Waals surface area contributed by atoms with Crippen LogP contribution in [0.4, 0.5) is 32.2 Å². The molecule has 1 N–H and O–H groups in total. The molecule has 0 aliphatic heterocycles. The zero-order chi connectivity index (χ0) is 28.5. The normalized spacial score (nSPS) is 13.3. The molecule has 0 saturated heterocycles. The Kier molecular flexibility index (Phi) is 8.14. The zero-order valence-electron chi connectivity index (χ0n) is 20.6. The molecule has 0 saturated carbocycles. The molecule has 0 radical (unpaired) electrons. The van der Waals surface area contributed by atoms with Crippen molar-refractivity contribution in [3.63, 3.8) is 0 Å². The summed E-state index contributed by atoms with van der Waals surface area (Å²) in [5.74, 6) is -0.0230. The number of nitrogens with one attached hydrogen (secondary N) is 1. The van der Waals surface area contributed by atoms with Crippen LogP contribution in [0.15, 0.2) is 35.0 Å². The van der Waals surface area contributed by atoms with Crippen LogP contribution in [0.2, 0.25) is 0 Å². The Labute approximate surface area is 213 Å². The molecule has 0 aliphatic rings. The van der Waals surface area contributed by atoms with E-state index < -0.39 is 50.7 Å². The van der Waals surface area contributed by atoms with Gasteiger partial charge in [0, 0.05) is 23.1 Å². The van der Waals surface area contributed by atoms with E-state index in [9.17, 15) is 35.3 Å².